The Labute approximate surface area is 111 Å². The van der Waals surface area contributed by atoms with Gasteiger partial charge in [-0.1, -0.05) is 23.5 Å². The number of rotatable bonds is 4. The van der Waals surface area contributed by atoms with Gasteiger partial charge in [0.1, 0.15) is 0 Å². The van der Waals surface area contributed by atoms with E-state index >= 15 is 0 Å². The second-order valence-corrected chi connectivity index (χ2v) is 6.19. The Morgan fingerprint density at radius 3 is 2.12 bits per heavy atom. The van der Waals surface area contributed by atoms with E-state index in [0.29, 0.717) is 0 Å². The van der Waals surface area contributed by atoms with Gasteiger partial charge < -0.3 is 4.65 Å². The van der Waals surface area contributed by atoms with Crippen LogP contribution >= 0.6 is 12.6 Å². The maximum atomic E-state index is 5.80. The molecule has 1 rings (SSSR count). The molecule has 0 aliphatic heterocycles. The largest absolute Gasteiger partial charge is 0.428 e. The minimum absolute atomic E-state index is 0.220. The smallest absolute Gasteiger partial charge is 0.330 e. The molecule has 17 heavy (non-hydrogen) atoms. The van der Waals surface area contributed by atoms with Gasteiger partial charge in [0.15, 0.2) is 0 Å². The Bertz CT molecular complexity index is 409. The number of thiol groups is 1. The number of hydrogen-bond donors (Lipinski definition) is 1. The van der Waals surface area contributed by atoms with E-state index in [1.54, 1.807) is 7.48 Å². The molecule has 0 N–H and O–H groups in total. The van der Waals surface area contributed by atoms with Crippen molar-refractivity contribution in [3.8, 4) is 12.3 Å². The third kappa shape index (κ3) is 3.83. The minimum atomic E-state index is -0.346. The predicted octanol–water partition coefficient (Wildman–Crippen LogP) is 2.42. The van der Waals surface area contributed by atoms with E-state index in [0.717, 1.165) is 11.0 Å². The Hall–Kier alpha value is -0.845. The van der Waals surface area contributed by atoms with Crippen molar-refractivity contribution < 1.29 is 4.65 Å². The van der Waals surface area contributed by atoms with Crippen molar-refractivity contribution in [1.29, 1.82) is 0 Å². The van der Waals surface area contributed by atoms with Gasteiger partial charge in [0, 0.05) is 10.3 Å². The van der Waals surface area contributed by atoms with E-state index in [9.17, 15) is 0 Å². The van der Waals surface area contributed by atoms with Crippen LogP contribution in [0.15, 0.2) is 24.3 Å². The lowest BCUT2D eigenvalue weighted by Crippen LogP contribution is -2.45. The van der Waals surface area contributed by atoms with Crippen molar-refractivity contribution in [2.75, 3.05) is 0 Å². The van der Waals surface area contributed by atoms with Crippen molar-refractivity contribution in [3.63, 3.8) is 0 Å². The summed E-state index contributed by atoms with van der Waals surface area (Å²) < 4.78 is 5.58. The van der Waals surface area contributed by atoms with Crippen LogP contribution in [-0.4, -0.2) is 17.8 Å². The standard InChI is InChI=1S/C14H18BOS/c1-6-11-7-9-12(10-8-11)15-16-13(2,3)14(4,5)17/h1,7-10,17H,2-5H3. The lowest BCUT2D eigenvalue weighted by atomic mass is 9.83. The van der Waals surface area contributed by atoms with Crippen LogP contribution in [-0.2, 0) is 4.65 Å². The molecule has 0 spiro atoms. The molecule has 0 amide bonds. The average Bonchev–Trinajstić information content (AvgIpc) is 2.25. The van der Waals surface area contributed by atoms with Gasteiger partial charge in [-0.15, -0.1) is 6.42 Å². The molecule has 0 atom stereocenters. The van der Waals surface area contributed by atoms with E-state index in [1.807, 2.05) is 52.0 Å². The molecule has 1 nitrogen and oxygen atoms in total. The summed E-state index contributed by atoms with van der Waals surface area (Å²) >= 11 is 4.54. The third-order valence-electron chi connectivity index (χ3n) is 3.04. The Kier molecular flexibility index (Phi) is 4.35. The quantitative estimate of drug-likeness (QED) is 0.487. The molecule has 0 saturated carbocycles. The Morgan fingerprint density at radius 1 is 1.18 bits per heavy atom. The molecule has 0 saturated heterocycles. The molecule has 1 aromatic carbocycles. The fraction of sp³-hybridized carbons (Fsp3) is 0.429. The summed E-state index contributed by atoms with van der Waals surface area (Å²) in [6, 6.07) is 7.68. The van der Waals surface area contributed by atoms with Gasteiger partial charge in [0.25, 0.3) is 0 Å². The van der Waals surface area contributed by atoms with E-state index in [-0.39, 0.29) is 10.3 Å². The third-order valence-corrected chi connectivity index (χ3v) is 3.58. The summed E-state index contributed by atoms with van der Waals surface area (Å²) in [4.78, 5) is 0. The summed E-state index contributed by atoms with van der Waals surface area (Å²) in [5.41, 5.74) is 1.52. The number of terminal acetylenes is 1. The first-order valence-electron chi connectivity index (χ1n) is 5.56. The molecule has 0 aromatic heterocycles. The van der Waals surface area contributed by atoms with Gasteiger partial charge in [-0.3, -0.25) is 0 Å². The zero-order valence-corrected chi connectivity index (χ0v) is 11.7. The first-order chi connectivity index (χ1) is 7.76. The summed E-state index contributed by atoms with van der Waals surface area (Å²) in [7, 11) is 1.75. The van der Waals surface area contributed by atoms with E-state index in [1.165, 1.54) is 0 Å². The second kappa shape index (κ2) is 5.20. The van der Waals surface area contributed by atoms with E-state index < -0.39 is 0 Å². The minimum Gasteiger partial charge on any atom is -0.428 e. The summed E-state index contributed by atoms with van der Waals surface area (Å²) in [5.74, 6) is 2.58. The van der Waals surface area contributed by atoms with Crippen LogP contribution in [0.5, 0.6) is 0 Å². The van der Waals surface area contributed by atoms with Crippen molar-refractivity contribution in [1.82, 2.24) is 0 Å². The molecule has 0 aliphatic rings. The van der Waals surface area contributed by atoms with Crippen LogP contribution in [0.25, 0.3) is 0 Å². The fourth-order valence-corrected chi connectivity index (χ4v) is 1.07. The zero-order chi connectivity index (χ0) is 13.1. The van der Waals surface area contributed by atoms with Gasteiger partial charge in [-0.25, -0.2) is 0 Å². The summed E-state index contributed by atoms with van der Waals surface area (Å²) in [6.45, 7) is 8.11. The molecule has 1 aromatic rings. The lowest BCUT2D eigenvalue weighted by molar-refractivity contribution is 0.0854. The molecule has 0 bridgehead atoms. The highest BCUT2D eigenvalue weighted by molar-refractivity contribution is 7.81. The van der Waals surface area contributed by atoms with E-state index in [4.69, 9.17) is 11.1 Å². The molecule has 0 unspecified atom stereocenters. The molecule has 0 fully saturated rings. The SMILES string of the molecule is C#Cc1ccc([B]OC(C)(C)C(C)(C)S)cc1. The zero-order valence-electron chi connectivity index (χ0n) is 10.8. The van der Waals surface area contributed by atoms with Crippen LogP contribution < -0.4 is 5.46 Å². The lowest BCUT2D eigenvalue weighted by Gasteiger charge is -2.38. The van der Waals surface area contributed by atoms with Gasteiger partial charge in [0.2, 0.25) is 0 Å². The fourth-order valence-electron chi connectivity index (χ4n) is 1.02. The first-order valence-corrected chi connectivity index (χ1v) is 6.01. The predicted molar refractivity (Wildman–Crippen MR) is 78.0 cm³/mol. The molecule has 1 radical (unpaired) electrons. The topological polar surface area (TPSA) is 9.23 Å². The monoisotopic (exact) mass is 245 g/mol. The van der Waals surface area contributed by atoms with Gasteiger partial charge in [-0.2, -0.15) is 12.6 Å². The maximum Gasteiger partial charge on any atom is 0.330 e. The van der Waals surface area contributed by atoms with Crippen LogP contribution in [0, 0.1) is 12.3 Å². The molecular formula is C14H18BOS. The van der Waals surface area contributed by atoms with Crippen LogP contribution in [0.1, 0.15) is 33.3 Å². The molecule has 0 heterocycles. The van der Waals surface area contributed by atoms with Gasteiger partial charge in [-0.05, 0) is 39.8 Å². The Balaban J connectivity index is 2.65. The van der Waals surface area contributed by atoms with Crippen LogP contribution in [0.4, 0.5) is 0 Å². The van der Waals surface area contributed by atoms with Gasteiger partial charge in [0.05, 0.1) is 5.60 Å². The van der Waals surface area contributed by atoms with Crippen molar-refractivity contribution in [2.45, 2.75) is 38.0 Å². The average molecular weight is 245 g/mol. The highest BCUT2D eigenvalue weighted by Crippen LogP contribution is 2.30. The normalized spacial score (nSPS) is 12.0. The maximum absolute atomic E-state index is 5.80. The molecular weight excluding hydrogens is 227 g/mol. The Morgan fingerprint density at radius 2 is 1.71 bits per heavy atom. The van der Waals surface area contributed by atoms with Crippen molar-refractivity contribution >= 4 is 25.6 Å². The molecule has 0 aliphatic carbocycles. The highest BCUT2D eigenvalue weighted by Gasteiger charge is 2.34. The van der Waals surface area contributed by atoms with Crippen molar-refractivity contribution in [3.05, 3.63) is 29.8 Å². The van der Waals surface area contributed by atoms with Gasteiger partial charge >= 0.3 is 7.48 Å². The molecule has 3 heteroatoms. The van der Waals surface area contributed by atoms with Crippen LogP contribution in [0.2, 0.25) is 0 Å². The van der Waals surface area contributed by atoms with Crippen molar-refractivity contribution in [2.24, 2.45) is 0 Å². The summed E-state index contributed by atoms with van der Waals surface area (Å²) in [6.07, 6.45) is 5.30. The number of hydrogen-bond acceptors (Lipinski definition) is 2. The highest BCUT2D eigenvalue weighted by atomic mass is 32.1. The first kappa shape index (κ1) is 14.2. The van der Waals surface area contributed by atoms with E-state index in [2.05, 4.69) is 18.5 Å². The van der Waals surface area contributed by atoms with Crippen LogP contribution in [0.3, 0.4) is 0 Å². The molecule has 89 valence electrons. The number of benzene rings is 1. The summed E-state index contributed by atoms with van der Waals surface area (Å²) in [5, 5.41) is 0. The second-order valence-electron chi connectivity index (χ2n) is 5.07.